The van der Waals surface area contributed by atoms with Crippen LogP contribution in [0.3, 0.4) is 0 Å². The van der Waals surface area contributed by atoms with Gasteiger partial charge in [-0.3, -0.25) is 0 Å². The number of hydrogen-bond donors (Lipinski definition) is 0. The van der Waals surface area contributed by atoms with Crippen molar-refractivity contribution in [1.82, 2.24) is 0 Å². The van der Waals surface area contributed by atoms with E-state index in [2.05, 4.69) is 0 Å². The molecule has 0 heteroatoms. The van der Waals surface area contributed by atoms with Crippen molar-refractivity contribution in [3.05, 3.63) is 169 Å². The minimum absolute atomic E-state index is 0.793. The molecule has 0 aliphatic rings. The number of benzene rings is 8. The fourth-order valence-electron chi connectivity index (χ4n) is 4.72. The molecule has 8 aromatic rings. The summed E-state index contributed by atoms with van der Waals surface area (Å²) in [5.74, 6) is 0. The molecule has 0 saturated carbocycles. The van der Waals surface area contributed by atoms with Crippen molar-refractivity contribution in [3.63, 3.8) is 0 Å². The van der Waals surface area contributed by atoms with E-state index in [1.54, 1.807) is 0 Å². The molecule has 0 nitrogen and oxygen atoms in total. The summed E-state index contributed by atoms with van der Waals surface area (Å²) in [5.41, 5.74) is -6.94. The van der Waals surface area contributed by atoms with Gasteiger partial charge in [-0.1, -0.05) is 151 Å². The van der Waals surface area contributed by atoms with Gasteiger partial charge in [0.1, 0.15) is 0 Å². The van der Waals surface area contributed by atoms with E-state index < -0.39 is 246 Å². The maximum absolute atomic E-state index is 10.0. The van der Waals surface area contributed by atoms with Crippen LogP contribution in [-0.2, 0) is 0 Å². The first-order valence-corrected chi connectivity index (χ1v) is 12.2. The summed E-state index contributed by atoms with van der Waals surface area (Å²) in [6.07, 6.45) is 0. The van der Waals surface area contributed by atoms with Crippen LogP contribution in [0.25, 0.3) is 76.8 Å². The summed E-state index contributed by atoms with van der Waals surface area (Å²) in [4.78, 5) is 0. The van der Waals surface area contributed by atoms with Gasteiger partial charge in [-0.05, 0) is 95.0 Å². The fraction of sp³-hybridized carbons (Fsp3) is 0. The predicted octanol–water partition coefficient (Wildman–Crippen LogP) is 11.8. The Hall–Kier alpha value is -5.46. The molecule has 0 fully saturated rings. The van der Waals surface area contributed by atoms with Crippen molar-refractivity contribution < 1.29 is 38.4 Å². The normalized spacial score (nSPS) is 20.7. The second-order valence-electron chi connectivity index (χ2n) is 8.75. The summed E-state index contributed by atoms with van der Waals surface area (Å²) in [7, 11) is 0. The molecule has 0 heterocycles. The molecule has 0 N–H and O–H groups in total. The maximum Gasteiger partial charge on any atom is 0.0636 e. The molecule has 0 saturated heterocycles. The fourth-order valence-corrected chi connectivity index (χ4v) is 4.72. The highest BCUT2D eigenvalue weighted by molar-refractivity contribution is 6.24. The number of rotatable bonds is 4. The molecular formula is C42H28. The Labute approximate surface area is 285 Å². The van der Waals surface area contributed by atoms with E-state index in [1.807, 2.05) is 0 Å². The van der Waals surface area contributed by atoms with Crippen LogP contribution >= 0.6 is 0 Å². The summed E-state index contributed by atoms with van der Waals surface area (Å²) < 4.78 is 250. The molecule has 0 radical (unpaired) electrons. The van der Waals surface area contributed by atoms with E-state index in [4.69, 9.17) is 27.4 Å². The van der Waals surface area contributed by atoms with E-state index in [0.29, 0.717) is 0 Å². The SMILES string of the molecule is [2H]c1c([2H])c([2H])c(-c2c([2H])c(-c3c4c([2H])c([2H])c([2H])c([2H])c4c(-c4c([2H])c([2H])c([2H])c([2H])c4[2H])c4c([2H])c([2H])c(-c5c([2H])c([2H])c([2H])c([2H])c5[2H])c([2H])c34)c3c([2H])c([2H])c([2H])c([2H])c3c2[2H])c([2H])c1[2H]. The van der Waals surface area contributed by atoms with Crippen molar-refractivity contribution >= 4 is 32.3 Å². The lowest BCUT2D eigenvalue weighted by molar-refractivity contribution is 1.62. The first-order chi connectivity index (χ1) is 32.5. The van der Waals surface area contributed by atoms with Gasteiger partial charge in [-0.25, -0.2) is 0 Å². The van der Waals surface area contributed by atoms with Crippen LogP contribution in [0.1, 0.15) is 38.4 Å². The lowest BCUT2D eigenvalue weighted by atomic mass is 9.83. The molecule has 0 amide bonds. The Bertz CT molecular complexity index is 3710. The van der Waals surface area contributed by atoms with E-state index >= 15 is 0 Å². The first-order valence-electron chi connectivity index (χ1n) is 26.2. The van der Waals surface area contributed by atoms with Crippen molar-refractivity contribution in [2.75, 3.05) is 0 Å². The molecule has 0 aliphatic heterocycles. The number of fused-ring (bicyclic) bond motifs is 3. The van der Waals surface area contributed by atoms with E-state index in [-0.39, 0.29) is 0 Å². The molecule has 0 spiro atoms. The van der Waals surface area contributed by atoms with Gasteiger partial charge in [0.15, 0.2) is 0 Å². The van der Waals surface area contributed by atoms with Gasteiger partial charge in [-0.2, -0.15) is 0 Å². The third-order valence-corrected chi connectivity index (χ3v) is 6.44. The Kier molecular flexibility index (Phi) is 2.19. The zero-order valence-electron chi connectivity index (χ0n) is 49.0. The molecular weight excluding hydrogens is 504 g/mol. The van der Waals surface area contributed by atoms with Gasteiger partial charge < -0.3 is 0 Å². The van der Waals surface area contributed by atoms with Gasteiger partial charge in [0.25, 0.3) is 0 Å². The summed E-state index contributed by atoms with van der Waals surface area (Å²) in [6.45, 7) is 0. The van der Waals surface area contributed by atoms with Gasteiger partial charge >= 0.3 is 0 Å². The summed E-state index contributed by atoms with van der Waals surface area (Å²) >= 11 is 0. The molecule has 8 rings (SSSR count). The standard InChI is InChI=1S/C42H28/c1-4-14-29(15-5-1)32-24-25-38-40(27-32)42(37-23-13-12-22-36(37)41(38)31-18-8-3-9-19-31)39-28-34(30-16-6-2-7-17-30)26-33-20-10-11-21-35(33)39/h1-28H/i1D,2D,3D,4D,5D,6D,7D,8D,9D,10D,11D,12D,13D,14D,15D,16D,17D,18D,19D,20D,21D,22D,23D,24D,25D,26D,27D,28D. The van der Waals surface area contributed by atoms with Gasteiger partial charge in [0.2, 0.25) is 0 Å². The van der Waals surface area contributed by atoms with Crippen molar-refractivity contribution in [1.29, 1.82) is 0 Å². The highest BCUT2D eigenvalue weighted by atomic mass is 14.2. The van der Waals surface area contributed by atoms with Gasteiger partial charge in [0.05, 0.1) is 38.4 Å². The number of hydrogen-bond acceptors (Lipinski definition) is 0. The van der Waals surface area contributed by atoms with Crippen LogP contribution in [0.15, 0.2) is 169 Å². The smallest absolute Gasteiger partial charge is 0.0622 e. The molecule has 0 aromatic heterocycles. The third-order valence-electron chi connectivity index (χ3n) is 6.44. The quantitative estimate of drug-likeness (QED) is 0.188. The molecule has 196 valence electrons. The molecule has 8 aromatic carbocycles. The van der Waals surface area contributed by atoms with Crippen LogP contribution in [0.4, 0.5) is 0 Å². The molecule has 0 aliphatic carbocycles. The Morgan fingerprint density at radius 1 is 0.286 bits per heavy atom. The Morgan fingerprint density at radius 2 is 0.786 bits per heavy atom. The lowest BCUT2D eigenvalue weighted by Crippen LogP contribution is -1.93. The second kappa shape index (κ2) is 10.2. The highest BCUT2D eigenvalue weighted by Gasteiger charge is 2.19. The second-order valence-corrected chi connectivity index (χ2v) is 8.75. The minimum atomic E-state index is -1.13. The topological polar surface area (TPSA) is 0 Å². The largest absolute Gasteiger partial charge is 0.0636 e. The molecule has 0 bridgehead atoms. The Morgan fingerprint density at radius 3 is 1.45 bits per heavy atom. The van der Waals surface area contributed by atoms with Crippen LogP contribution in [-0.4, -0.2) is 0 Å². The maximum atomic E-state index is 10.0. The first kappa shape index (κ1) is 9.02. The molecule has 0 unspecified atom stereocenters. The summed E-state index contributed by atoms with van der Waals surface area (Å²) in [5, 5.41) is -4.96. The average Bonchev–Trinajstić information content (AvgIpc) is 3.33. The van der Waals surface area contributed by atoms with Crippen LogP contribution in [0.5, 0.6) is 0 Å². The van der Waals surface area contributed by atoms with Gasteiger partial charge in [0, 0.05) is 0 Å². The lowest BCUT2D eigenvalue weighted by Gasteiger charge is -2.20. The third kappa shape index (κ3) is 4.08. The zero-order chi connectivity index (χ0) is 52.2. The van der Waals surface area contributed by atoms with Crippen molar-refractivity contribution in [2.45, 2.75) is 0 Å². The average molecular weight is 561 g/mol. The van der Waals surface area contributed by atoms with E-state index in [0.717, 1.165) is 0 Å². The van der Waals surface area contributed by atoms with Crippen LogP contribution in [0.2, 0.25) is 0 Å². The Balaban J connectivity index is 1.88. The zero-order valence-corrected chi connectivity index (χ0v) is 21.0. The molecule has 0 atom stereocenters. The molecule has 42 heavy (non-hydrogen) atoms. The van der Waals surface area contributed by atoms with Crippen molar-refractivity contribution in [3.8, 4) is 44.5 Å². The minimum Gasteiger partial charge on any atom is -0.0622 e. The highest BCUT2D eigenvalue weighted by Crippen LogP contribution is 2.47. The predicted molar refractivity (Wildman–Crippen MR) is 181 cm³/mol. The van der Waals surface area contributed by atoms with Crippen molar-refractivity contribution in [2.24, 2.45) is 0 Å². The summed E-state index contributed by atoms with van der Waals surface area (Å²) in [6, 6.07) is -28.4. The van der Waals surface area contributed by atoms with Crippen LogP contribution < -0.4 is 0 Å². The van der Waals surface area contributed by atoms with E-state index in [1.165, 1.54) is 0 Å². The van der Waals surface area contributed by atoms with Gasteiger partial charge in [-0.15, -0.1) is 0 Å². The van der Waals surface area contributed by atoms with E-state index in [9.17, 15) is 11.0 Å². The monoisotopic (exact) mass is 560 g/mol. The van der Waals surface area contributed by atoms with Crippen LogP contribution in [0, 0.1) is 0 Å².